The molecule has 4 heteroatoms. The van der Waals surface area contributed by atoms with E-state index in [-0.39, 0.29) is 11.5 Å². The van der Waals surface area contributed by atoms with Gasteiger partial charge in [-0.15, -0.1) is 0 Å². The van der Waals surface area contributed by atoms with E-state index in [0.717, 1.165) is 4.47 Å². The van der Waals surface area contributed by atoms with Crippen molar-refractivity contribution in [1.29, 1.82) is 0 Å². The minimum atomic E-state index is -1.28. The summed E-state index contributed by atoms with van der Waals surface area (Å²) >= 11 is 3.31. The van der Waals surface area contributed by atoms with Crippen LogP contribution in [0.5, 0.6) is 0 Å². The predicted octanol–water partition coefficient (Wildman–Crippen LogP) is 3.44. The summed E-state index contributed by atoms with van der Waals surface area (Å²) in [4.78, 5) is 12.6. The minimum absolute atomic E-state index is 0.0195. The van der Waals surface area contributed by atoms with Gasteiger partial charge in [0.15, 0.2) is 5.78 Å². The molecule has 1 unspecified atom stereocenters. The lowest BCUT2D eigenvalue weighted by atomic mass is 10.2. The van der Waals surface area contributed by atoms with Gasteiger partial charge in [-0.3, -0.25) is 9.00 Å². The zero-order chi connectivity index (χ0) is 13.0. The number of hydrogen-bond acceptors (Lipinski definition) is 2. The molecule has 0 saturated carbocycles. The number of halogens is 1. The van der Waals surface area contributed by atoms with E-state index in [9.17, 15) is 9.00 Å². The van der Waals surface area contributed by atoms with E-state index in [1.165, 1.54) is 0 Å². The molecule has 1 atom stereocenters. The summed E-state index contributed by atoms with van der Waals surface area (Å²) in [6.45, 7) is 0. The number of ketones is 1. The monoisotopic (exact) mass is 322 g/mol. The lowest BCUT2D eigenvalue weighted by Gasteiger charge is -2.02. The summed E-state index contributed by atoms with van der Waals surface area (Å²) in [6.07, 6.45) is 0. The highest BCUT2D eigenvalue weighted by molar-refractivity contribution is 9.10. The van der Waals surface area contributed by atoms with E-state index in [1.54, 1.807) is 36.4 Å². The van der Waals surface area contributed by atoms with Crippen molar-refractivity contribution >= 4 is 32.5 Å². The molecule has 0 aliphatic carbocycles. The number of carbonyl (C=O) groups excluding carboxylic acids is 1. The van der Waals surface area contributed by atoms with Crippen molar-refractivity contribution < 1.29 is 9.00 Å². The third-order valence-corrected chi connectivity index (χ3v) is 4.29. The highest BCUT2D eigenvalue weighted by Crippen LogP contribution is 2.13. The average molecular weight is 323 g/mol. The Kier molecular flexibility index (Phi) is 4.44. The minimum Gasteiger partial charge on any atom is -0.293 e. The second-order valence-corrected chi connectivity index (χ2v) is 6.10. The van der Waals surface area contributed by atoms with Crippen molar-refractivity contribution in [2.24, 2.45) is 0 Å². The maximum atomic E-state index is 12.0. The van der Waals surface area contributed by atoms with Gasteiger partial charge in [0.05, 0.1) is 16.6 Å². The molecular formula is C14H11BrO2S. The summed E-state index contributed by atoms with van der Waals surface area (Å²) in [7, 11) is -1.28. The van der Waals surface area contributed by atoms with Gasteiger partial charge in [0.2, 0.25) is 0 Å². The van der Waals surface area contributed by atoms with Gasteiger partial charge in [0.25, 0.3) is 0 Å². The van der Waals surface area contributed by atoms with Gasteiger partial charge in [0, 0.05) is 14.9 Å². The van der Waals surface area contributed by atoms with Crippen LogP contribution >= 0.6 is 15.9 Å². The van der Waals surface area contributed by atoms with Crippen LogP contribution in [0.1, 0.15) is 10.4 Å². The summed E-state index contributed by atoms with van der Waals surface area (Å²) in [5.74, 6) is -0.0873. The highest BCUT2D eigenvalue weighted by atomic mass is 79.9. The van der Waals surface area contributed by atoms with Crippen LogP contribution in [0.25, 0.3) is 0 Å². The second-order valence-electron chi connectivity index (χ2n) is 3.73. The Labute approximate surface area is 117 Å². The molecule has 0 aliphatic rings. The van der Waals surface area contributed by atoms with Crippen LogP contribution in [-0.4, -0.2) is 15.7 Å². The fraction of sp³-hybridized carbons (Fsp3) is 0.0714. The van der Waals surface area contributed by atoms with Gasteiger partial charge in [-0.2, -0.15) is 0 Å². The van der Waals surface area contributed by atoms with Crippen LogP contribution < -0.4 is 0 Å². The standard InChI is InChI=1S/C14H11BrO2S/c15-12-8-6-11(7-9-12)14(16)10-18(17)13-4-2-1-3-5-13/h1-9H,10H2. The van der Waals surface area contributed by atoms with Crippen LogP contribution in [0.4, 0.5) is 0 Å². The first-order chi connectivity index (χ1) is 8.66. The predicted molar refractivity (Wildman–Crippen MR) is 76.2 cm³/mol. The van der Waals surface area contributed by atoms with Crippen molar-refractivity contribution in [2.45, 2.75) is 4.90 Å². The van der Waals surface area contributed by atoms with E-state index in [2.05, 4.69) is 15.9 Å². The summed E-state index contributed by atoms with van der Waals surface area (Å²) < 4.78 is 12.9. The van der Waals surface area contributed by atoms with Crippen LogP contribution in [0.15, 0.2) is 64.0 Å². The van der Waals surface area contributed by atoms with E-state index in [4.69, 9.17) is 0 Å². The molecule has 2 aromatic rings. The molecule has 92 valence electrons. The SMILES string of the molecule is O=C(CS(=O)c1ccccc1)c1ccc(Br)cc1. The topological polar surface area (TPSA) is 34.1 Å². The van der Waals surface area contributed by atoms with Crippen molar-refractivity contribution in [2.75, 3.05) is 5.75 Å². The largest absolute Gasteiger partial charge is 0.293 e. The number of carbonyl (C=O) groups is 1. The van der Waals surface area contributed by atoms with Crippen molar-refractivity contribution in [3.05, 3.63) is 64.6 Å². The summed E-state index contributed by atoms with van der Waals surface area (Å²) in [5, 5.41) is 0. The van der Waals surface area contributed by atoms with Gasteiger partial charge in [-0.1, -0.05) is 46.3 Å². The lowest BCUT2D eigenvalue weighted by molar-refractivity contribution is 0.102. The molecule has 18 heavy (non-hydrogen) atoms. The highest BCUT2D eigenvalue weighted by Gasteiger charge is 2.11. The lowest BCUT2D eigenvalue weighted by Crippen LogP contribution is -2.10. The van der Waals surface area contributed by atoms with Crippen molar-refractivity contribution in [3.8, 4) is 0 Å². The molecule has 2 nitrogen and oxygen atoms in total. The van der Waals surface area contributed by atoms with Crippen molar-refractivity contribution in [3.63, 3.8) is 0 Å². The fourth-order valence-corrected chi connectivity index (χ4v) is 2.79. The van der Waals surface area contributed by atoms with Gasteiger partial charge < -0.3 is 0 Å². The number of benzene rings is 2. The molecule has 0 spiro atoms. The van der Waals surface area contributed by atoms with Crippen LogP contribution in [0.2, 0.25) is 0 Å². The first-order valence-electron chi connectivity index (χ1n) is 5.39. The molecule has 2 rings (SSSR count). The van der Waals surface area contributed by atoms with E-state index >= 15 is 0 Å². The average Bonchev–Trinajstić information content (AvgIpc) is 2.40. The zero-order valence-corrected chi connectivity index (χ0v) is 11.9. The molecular weight excluding hydrogens is 312 g/mol. The molecule has 2 aromatic carbocycles. The van der Waals surface area contributed by atoms with Crippen LogP contribution in [0.3, 0.4) is 0 Å². The normalized spacial score (nSPS) is 12.1. The molecule has 0 radical (unpaired) electrons. The third kappa shape index (κ3) is 3.37. The van der Waals surface area contributed by atoms with E-state index in [1.807, 2.05) is 18.2 Å². The van der Waals surface area contributed by atoms with Gasteiger partial charge >= 0.3 is 0 Å². The van der Waals surface area contributed by atoms with Gasteiger partial charge in [0.1, 0.15) is 0 Å². The van der Waals surface area contributed by atoms with E-state index in [0.29, 0.717) is 10.5 Å². The molecule has 0 aromatic heterocycles. The first-order valence-corrected chi connectivity index (χ1v) is 7.50. The zero-order valence-electron chi connectivity index (χ0n) is 9.51. The number of hydrogen-bond donors (Lipinski definition) is 0. The second kappa shape index (κ2) is 6.07. The Balaban J connectivity index is 2.08. The van der Waals surface area contributed by atoms with Gasteiger partial charge in [-0.05, 0) is 24.3 Å². The molecule has 0 N–H and O–H groups in total. The maximum absolute atomic E-state index is 12.0. The van der Waals surface area contributed by atoms with Crippen LogP contribution in [0, 0.1) is 0 Å². The van der Waals surface area contributed by atoms with Crippen LogP contribution in [-0.2, 0) is 10.8 Å². The molecule has 0 bridgehead atoms. The van der Waals surface area contributed by atoms with Gasteiger partial charge in [-0.25, -0.2) is 0 Å². The Morgan fingerprint density at radius 1 is 1.00 bits per heavy atom. The van der Waals surface area contributed by atoms with Crippen molar-refractivity contribution in [1.82, 2.24) is 0 Å². The number of rotatable bonds is 4. The summed E-state index contributed by atoms with van der Waals surface area (Å²) in [5.41, 5.74) is 0.586. The quantitative estimate of drug-likeness (QED) is 0.808. The Bertz CT molecular complexity index is 564. The number of Topliss-reactive ketones (excluding diaryl/α,β-unsaturated/α-hetero) is 1. The molecule has 0 amide bonds. The molecule has 0 heterocycles. The smallest absolute Gasteiger partial charge is 0.175 e. The Hall–Kier alpha value is -1.26. The molecule has 0 aliphatic heterocycles. The molecule has 0 fully saturated rings. The third-order valence-electron chi connectivity index (χ3n) is 2.43. The molecule has 0 saturated heterocycles. The first kappa shape index (κ1) is 13.2. The summed E-state index contributed by atoms with van der Waals surface area (Å²) in [6, 6.07) is 16.1. The maximum Gasteiger partial charge on any atom is 0.175 e. The Morgan fingerprint density at radius 3 is 2.22 bits per heavy atom. The fourth-order valence-electron chi connectivity index (χ4n) is 1.49. The Morgan fingerprint density at radius 2 is 1.61 bits per heavy atom. The van der Waals surface area contributed by atoms with E-state index < -0.39 is 10.8 Å².